The van der Waals surface area contributed by atoms with Crippen LogP contribution in [0.5, 0.6) is 0 Å². The van der Waals surface area contributed by atoms with Crippen LogP contribution in [0.4, 0.5) is 4.39 Å². The van der Waals surface area contributed by atoms with Gasteiger partial charge in [-0.1, -0.05) is 22.0 Å². The molecule has 1 N–H and O–H groups in total. The molecule has 2 nitrogen and oxygen atoms in total. The Balaban J connectivity index is 2.39. The van der Waals surface area contributed by atoms with Gasteiger partial charge >= 0.3 is 0 Å². The maximum atomic E-state index is 14.0. The van der Waals surface area contributed by atoms with E-state index in [-0.39, 0.29) is 5.82 Å². The maximum Gasteiger partial charge on any atom is 0.182 e. The van der Waals surface area contributed by atoms with Crippen molar-refractivity contribution in [2.24, 2.45) is 0 Å². The molecule has 3 aromatic rings. The van der Waals surface area contributed by atoms with Gasteiger partial charge < -0.3 is 4.98 Å². The highest BCUT2D eigenvalue weighted by Crippen LogP contribution is 2.25. The number of fused-ring (bicyclic) bond motifs is 1. The third kappa shape index (κ3) is 2.13. The largest absolute Gasteiger partial charge is 0.330 e. The van der Waals surface area contributed by atoms with Crippen molar-refractivity contribution in [1.82, 2.24) is 9.55 Å². The van der Waals surface area contributed by atoms with E-state index < -0.39 is 0 Å². The van der Waals surface area contributed by atoms with E-state index in [0.29, 0.717) is 10.5 Å². The first kappa shape index (κ1) is 12.6. The summed E-state index contributed by atoms with van der Waals surface area (Å²) in [5, 5.41) is 0. The molecule has 1 aromatic heterocycles. The number of aryl methyl sites for hydroxylation is 1. The van der Waals surface area contributed by atoms with Gasteiger partial charge in [0.1, 0.15) is 5.82 Å². The van der Waals surface area contributed by atoms with E-state index in [2.05, 4.69) is 20.9 Å². The van der Waals surface area contributed by atoms with Crippen molar-refractivity contribution in [3.8, 4) is 5.69 Å². The lowest BCUT2D eigenvalue weighted by atomic mass is 10.2. The minimum atomic E-state index is -0.305. The van der Waals surface area contributed by atoms with Gasteiger partial charge in [0.2, 0.25) is 0 Å². The Hall–Kier alpha value is -1.46. The van der Waals surface area contributed by atoms with Crippen LogP contribution in [0, 0.1) is 17.5 Å². The first-order chi connectivity index (χ1) is 9.06. The Morgan fingerprint density at radius 3 is 2.79 bits per heavy atom. The van der Waals surface area contributed by atoms with Crippen LogP contribution < -0.4 is 0 Å². The summed E-state index contributed by atoms with van der Waals surface area (Å²) in [7, 11) is 0. The molecule has 0 aliphatic carbocycles. The molecule has 0 amide bonds. The maximum absolute atomic E-state index is 14.0. The summed E-state index contributed by atoms with van der Waals surface area (Å²) in [4.78, 5) is 3.11. The lowest BCUT2D eigenvalue weighted by Gasteiger charge is -2.06. The Morgan fingerprint density at radius 2 is 2.00 bits per heavy atom. The monoisotopic (exact) mass is 336 g/mol. The van der Waals surface area contributed by atoms with E-state index in [1.807, 2.05) is 25.1 Å². The number of imidazole rings is 1. The van der Waals surface area contributed by atoms with E-state index >= 15 is 0 Å². The highest BCUT2D eigenvalue weighted by atomic mass is 79.9. The van der Waals surface area contributed by atoms with E-state index in [1.54, 1.807) is 16.7 Å². The van der Waals surface area contributed by atoms with Crippen molar-refractivity contribution < 1.29 is 4.39 Å². The van der Waals surface area contributed by atoms with Crippen molar-refractivity contribution >= 4 is 39.2 Å². The molecular weight excluding hydrogens is 327 g/mol. The van der Waals surface area contributed by atoms with Gasteiger partial charge in [-0.3, -0.25) is 4.57 Å². The van der Waals surface area contributed by atoms with Gasteiger partial charge in [0.05, 0.1) is 16.7 Å². The van der Waals surface area contributed by atoms with Crippen LogP contribution in [0.3, 0.4) is 0 Å². The molecule has 19 heavy (non-hydrogen) atoms. The summed E-state index contributed by atoms with van der Waals surface area (Å²) in [6.07, 6.45) is 0. The minimum Gasteiger partial charge on any atom is -0.330 e. The van der Waals surface area contributed by atoms with Crippen molar-refractivity contribution in [2.45, 2.75) is 6.92 Å². The number of nitrogens with one attached hydrogen (secondary N) is 1. The zero-order valence-electron chi connectivity index (χ0n) is 10.1. The highest BCUT2D eigenvalue weighted by molar-refractivity contribution is 9.10. The predicted molar refractivity (Wildman–Crippen MR) is 80.9 cm³/mol. The molecule has 0 spiro atoms. The quantitative estimate of drug-likeness (QED) is 0.627. The molecule has 0 fully saturated rings. The fourth-order valence-corrected chi connectivity index (χ4v) is 2.78. The third-order valence-corrected chi connectivity index (χ3v) is 3.76. The first-order valence-corrected chi connectivity index (χ1v) is 6.93. The third-order valence-electron chi connectivity index (χ3n) is 2.99. The fraction of sp³-hybridized carbons (Fsp3) is 0.0714. The van der Waals surface area contributed by atoms with Crippen molar-refractivity contribution in [3.63, 3.8) is 0 Å². The van der Waals surface area contributed by atoms with E-state index in [9.17, 15) is 4.39 Å². The lowest BCUT2D eigenvalue weighted by molar-refractivity contribution is 0.618. The number of hydrogen-bond donors (Lipinski definition) is 1. The normalized spacial score (nSPS) is 11.1. The predicted octanol–water partition coefficient (Wildman–Crippen LogP) is 4.90. The summed E-state index contributed by atoms with van der Waals surface area (Å²) >= 11 is 8.66. The molecule has 0 atom stereocenters. The van der Waals surface area contributed by atoms with E-state index in [1.165, 1.54) is 6.07 Å². The number of rotatable bonds is 1. The molecule has 3 rings (SSSR count). The van der Waals surface area contributed by atoms with E-state index in [4.69, 9.17) is 12.2 Å². The summed E-state index contributed by atoms with van der Waals surface area (Å²) in [5.41, 5.74) is 3.34. The second-order valence-corrected chi connectivity index (χ2v) is 5.68. The molecule has 0 bridgehead atoms. The van der Waals surface area contributed by atoms with Gasteiger partial charge in [0.15, 0.2) is 4.77 Å². The van der Waals surface area contributed by atoms with Gasteiger partial charge in [-0.15, -0.1) is 0 Å². The van der Waals surface area contributed by atoms with Gasteiger partial charge in [-0.2, -0.15) is 0 Å². The molecule has 0 aliphatic rings. The van der Waals surface area contributed by atoms with Crippen LogP contribution in [0.1, 0.15) is 5.56 Å². The van der Waals surface area contributed by atoms with Gasteiger partial charge in [-0.05, 0) is 55.0 Å². The van der Waals surface area contributed by atoms with Crippen LogP contribution in [0.15, 0.2) is 40.9 Å². The zero-order chi connectivity index (χ0) is 13.6. The Labute approximate surface area is 123 Å². The summed E-state index contributed by atoms with van der Waals surface area (Å²) in [5.74, 6) is -0.305. The number of benzene rings is 2. The van der Waals surface area contributed by atoms with Crippen LogP contribution >= 0.6 is 28.1 Å². The fourth-order valence-electron chi connectivity index (χ4n) is 2.12. The number of hydrogen-bond acceptors (Lipinski definition) is 1. The highest BCUT2D eigenvalue weighted by Gasteiger charge is 2.11. The molecule has 1 heterocycles. The molecule has 0 aliphatic heterocycles. The van der Waals surface area contributed by atoms with Gasteiger partial charge in [0.25, 0.3) is 0 Å². The summed E-state index contributed by atoms with van der Waals surface area (Å²) in [6, 6.07) is 10.7. The number of aromatic nitrogens is 2. The van der Waals surface area contributed by atoms with Crippen LogP contribution in [-0.4, -0.2) is 9.55 Å². The smallest absolute Gasteiger partial charge is 0.182 e. The molecule has 0 unspecified atom stereocenters. The average molecular weight is 337 g/mol. The second kappa shape index (κ2) is 4.58. The molecule has 0 saturated heterocycles. The standard InChI is InChI=1S/C14H10BrFN2S/c1-8-2-5-12-11(6-8)17-14(19)18(12)13-7-9(15)3-4-10(13)16/h2-7H,1H3,(H,17,19). The van der Waals surface area contributed by atoms with Crippen molar-refractivity contribution in [3.05, 3.63) is 57.0 Å². The van der Waals surface area contributed by atoms with Crippen LogP contribution in [0.2, 0.25) is 0 Å². The number of H-pyrrole nitrogens is 1. The zero-order valence-corrected chi connectivity index (χ0v) is 12.5. The van der Waals surface area contributed by atoms with Gasteiger partial charge in [-0.25, -0.2) is 4.39 Å². The number of nitrogens with zero attached hydrogens (tertiary/aromatic N) is 1. The number of aromatic amines is 1. The first-order valence-electron chi connectivity index (χ1n) is 5.73. The van der Waals surface area contributed by atoms with Crippen LogP contribution in [0.25, 0.3) is 16.7 Å². The molecule has 2 aromatic carbocycles. The molecule has 96 valence electrons. The lowest BCUT2D eigenvalue weighted by Crippen LogP contribution is -1.97. The summed E-state index contributed by atoms with van der Waals surface area (Å²) in [6.45, 7) is 2.01. The molecule has 0 radical (unpaired) electrons. The Kier molecular flexibility index (Phi) is 3.03. The SMILES string of the molecule is Cc1ccc2c(c1)[nH]c(=S)n2-c1cc(Br)ccc1F. The van der Waals surface area contributed by atoms with E-state index in [0.717, 1.165) is 21.1 Å². The van der Waals surface area contributed by atoms with Crippen molar-refractivity contribution in [2.75, 3.05) is 0 Å². The molecular formula is C14H10BrFN2S. The van der Waals surface area contributed by atoms with Gasteiger partial charge in [0, 0.05) is 4.47 Å². The topological polar surface area (TPSA) is 20.7 Å². The summed E-state index contributed by atoms with van der Waals surface area (Å²) < 4.78 is 17.0. The van der Waals surface area contributed by atoms with Crippen LogP contribution in [-0.2, 0) is 0 Å². The second-order valence-electron chi connectivity index (χ2n) is 4.38. The van der Waals surface area contributed by atoms with Crippen molar-refractivity contribution in [1.29, 1.82) is 0 Å². The average Bonchev–Trinajstić information content (AvgIpc) is 2.67. The molecule has 0 saturated carbocycles. The Morgan fingerprint density at radius 1 is 1.21 bits per heavy atom. The molecule has 5 heteroatoms. The number of halogens is 2. The minimum absolute atomic E-state index is 0.305. The Bertz CT molecular complexity index is 835.